The van der Waals surface area contributed by atoms with Gasteiger partial charge < -0.3 is 9.84 Å². The van der Waals surface area contributed by atoms with Crippen molar-refractivity contribution >= 4 is 0 Å². The van der Waals surface area contributed by atoms with Gasteiger partial charge in [0.15, 0.2) is 0 Å². The van der Waals surface area contributed by atoms with Gasteiger partial charge >= 0.3 is 0 Å². The lowest BCUT2D eigenvalue weighted by atomic mass is 10.1. The summed E-state index contributed by atoms with van der Waals surface area (Å²) in [6.07, 6.45) is 1.28. The number of nitrogens with zero attached hydrogens (tertiary/aromatic N) is 2. The third-order valence-corrected chi connectivity index (χ3v) is 3.35. The molecule has 18 heavy (non-hydrogen) atoms. The molecule has 2 heterocycles. The van der Waals surface area contributed by atoms with E-state index < -0.39 is 0 Å². The van der Waals surface area contributed by atoms with Crippen LogP contribution >= 0.6 is 0 Å². The molecule has 1 saturated heterocycles. The van der Waals surface area contributed by atoms with Gasteiger partial charge in [0, 0.05) is 24.7 Å². The molecule has 0 spiro atoms. The van der Waals surface area contributed by atoms with Gasteiger partial charge in [-0.3, -0.25) is 4.90 Å². The van der Waals surface area contributed by atoms with E-state index in [2.05, 4.69) is 36.1 Å². The Morgan fingerprint density at radius 1 is 1.50 bits per heavy atom. The van der Waals surface area contributed by atoms with Gasteiger partial charge in [0.2, 0.25) is 0 Å². The van der Waals surface area contributed by atoms with Crippen LogP contribution in [-0.4, -0.2) is 35.2 Å². The summed E-state index contributed by atoms with van der Waals surface area (Å²) in [5.41, 5.74) is 1.27. The predicted octanol–water partition coefficient (Wildman–Crippen LogP) is 2.19. The second-order valence-corrected chi connectivity index (χ2v) is 6.45. The van der Waals surface area contributed by atoms with Gasteiger partial charge in [-0.15, -0.1) is 0 Å². The standard InChI is InChI=1S/C14H25N3O/c1-11-7-13(16-18-11)10-17-6-5-12(9-17)8-15-14(2,3)4/h7,12,15H,5-6,8-10H2,1-4H3. The Morgan fingerprint density at radius 3 is 2.89 bits per heavy atom. The molecule has 1 N–H and O–H groups in total. The molecular weight excluding hydrogens is 226 g/mol. The molecule has 1 unspecified atom stereocenters. The molecule has 1 aromatic heterocycles. The quantitative estimate of drug-likeness (QED) is 0.890. The fourth-order valence-electron chi connectivity index (χ4n) is 2.40. The summed E-state index contributed by atoms with van der Waals surface area (Å²) < 4.78 is 5.10. The highest BCUT2D eigenvalue weighted by atomic mass is 16.5. The van der Waals surface area contributed by atoms with Gasteiger partial charge in [0.1, 0.15) is 5.76 Å². The van der Waals surface area contributed by atoms with Crippen molar-refractivity contribution in [3.05, 3.63) is 17.5 Å². The minimum atomic E-state index is 0.219. The molecule has 4 nitrogen and oxygen atoms in total. The Kier molecular flexibility index (Phi) is 4.07. The van der Waals surface area contributed by atoms with Gasteiger partial charge in [-0.2, -0.15) is 0 Å². The molecule has 0 aromatic carbocycles. The van der Waals surface area contributed by atoms with E-state index in [1.54, 1.807) is 0 Å². The monoisotopic (exact) mass is 251 g/mol. The predicted molar refractivity (Wildman–Crippen MR) is 72.4 cm³/mol. The zero-order chi connectivity index (χ0) is 13.2. The summed E-state index contributed by atoms with van der Waals surface area (Å²) in [5, 5.41) is 7.65. The van der Waals surface area contributed by atoms with Crippen LogP contribution < -0.4 is 5.32 Å². The molecule has 1 fully saturated rings. The summed E-state index contributed by atoms with van der Waals surface area (Å²) in [6, 6.07) is 2.03. The first-order valence-electron chi connectivity index (χ1n) is 6.82. The summed E-state index contributed by atoms with van der Waals surface area (Å²) in [6.45, 7) is 13.0. The first kappa shape index (κ1) is 13.6. The minimum Gasteiger partial charge on any atom is -0.361 e. The minimum absolute atomic E-state index is 0.219. The average molecular weight is 251 g/mol. The van der Waals surface area contributed by atoms with Crippen molar-refractivity contribution in [2.24, 2.45) is 5.92 Å². The van der Waals surface area contributed by atoms with Crippen LogP contribution in [0.25, 0.3) is 0 Å². The van der Waals surface area contributed by atoms with Crippen LogP contribution in [0.5, 0.6) is 0 Å². The Bertz CT molecular complexity index is 381. The number of rotatable bonds is 4. The molecule has 1 aliphatic heterocycles. The topological polar surface area (TPSA) is 41.3 Å². The first-order chi connectivity index (χ1) is 8.42. The molecule has 1 aliphatic rings. The molecule has 0 aliphatic carbocycles. The van der Waals surface area contributed by atoms with Crippen LogP contribution in [0.3, 0.4) is 0 Å². The summed E-state index contributed by atoms with van der Waals surface area (Å²) in [4.78, 5) is 2.46. The fraction of sp³-hybridized carbons (Fsp3) is 0.786. The lowest BCUT2D eigenvalue weighted by Crippen LogP contribution is -2.39. The molecule has 1 atom stereocenters. The maximum atomic E-state index is 5.10. The lowest BCUT2D eigenvalue weighted by molar-refractivity contribution is 0.292. The van der Waals surface area contributed by atoms with Crippen molar-refractivity contribution in [2.75, 3.05) is 19.6 Å². The van der Waals surface area contributed by atoms with Crippen molar-refractivity contribution in [3.63, 3.8) is 0 Å². The second kappa shape index (κ2) is 5.41. The molecule has 4 heteroatoms. The number of nitrogens with one attached hydrogen (secondary N) is 1. The Balaban J connectivity index is 1.75. The van der Waals surface area contributed by atoms with Gasteiger partial charge in [0.05, 0.1) is 5.69 Å². The molecule has 102 valence electrons. The zero-order valence-electron chi connectivity index (χ0n) is 12.0. The van der Waals surface area contributed by atoms with E-state index in [1.807, 2.05) is 13.0 Å². The van der Waals surface area contributed by atoms with Crippen molar-refractivity contribution < 1.29 is 4.52 Å². The van der Waals surface area contributed by atoms with Gasteiger partial charge in [0.25, 0.3) is 0 Å². The molecule has 2 rings (SSSR count). The zero-order valence-corrected chi connectivity index (χ0v) is 12.0. The molecular formula is C14H25N3O. The molecule has 0 bridgehead atoms. The number of aromatic nitrogens is 1. The highest BCUT2D eigenvalue weighted by molar-refractivity contribution is 5.03. The van der Waals surface area contributed by atoms with Crippen LogP contribution in [0.2, 0.25) is 0 Å². The average Bonchev–Trinajstić information content (AvgIpc) is 2.85. The van der Waals surface area contributed by atoms with E-state index in [0.717, 1.165) is 37.0 Å². The normalized spacial score (nSPS) is 21.7. The van der Waals surface area contributed by atoms with Crippen molar-refractivity contribution in [1.82, 2.24) is 15.4 Å². The highest BCUT2D eigenvalue weighted by Gasteiger charge is 2.24. The van der Waals surface area contributed by atoms with Crippen LogP contribution in [0, 0.1) is 12.8 Å². The Hall–Kier alpha value is -0.870. The number of hydrogen-bond donors (Lipinski definition) is 1. The van der Waals surface area contributed by atoms with Crippen LogP contribution in [0.4, 0.5) is 0 Å². The van der Waals surface area contributed by atoms with E-state index in [1.165, 1.54) is 13.0 Å². The van der Waals surface area contributed by atoms with Crippen molar-refractivity contribution in [2.45, 2.75) is 46.2 Å². The van der Waals surface area contributed by atoms with E-state index >= 15 is 0 Å². The van der Waals surface area contributed by atoms with E-state index in [9.17, 15) is 0 Å². The molecule has 0 saturated carbocycles. The third-order valence-electron chi connectivity index (χ3n) is 3.35. The van der Waals surface area contributed by atoms with Gasteiger partial charge in [-0.25, -0.2) is 0 Å². The maximum Gasteiger partial charge on any atom is 0.133 e. The summed E-state index contributed by atoms with van der Waals surface area (Å²) >= 11 is 0. The van der Waals surface area contributed by atoms with E-state index in [4.69, 9.17) is 4.52 Å². The van der Waals surface area contributed by atoms with E-state index in [0.29, 0.717) is 0 Å². The smallest absolute Gasteiger partial charge is 0.133 e. The first-order valence-corrected chi connectivity index (χ1v) is 6.82. The molecule has 0 amide bonds. The fourth-order valence-corrected chi connectivity index (χ4v) is 2.40. The number of likely N-dealkylation sites (tertiary alicyclic amines) is 1. The Morgan fingerprint density at radius 2 is 2.28 bits per heavy atom. The largest absolute Gasteiger partial charge is 0.361 e. The van der Waals surface area contributed by atoms with Gasteiger partial charge in [-0.1, -0.05) is 5.16 Å². The number of hydrogen-bond acceptors (Lipinski definition) is 4. The maximum absolute atomic E-state index is 5.10. The van der Waals surface area contributed by atoms with Crippen molar-refractivity contribution in [3.8, 4) is 0 Å². The van der Waals surface area contributed by atoms with Gasteiger partial charge in [-0.05, 0) is 53.1 Å². The number of aryl methyl sites for hydroxylation is 1. The molecule has 0 radical (unpaired) electrons. The summed E-state index contributed by atoms with van der Waals surface area (Å²) in [5.74, 6) is 1.66. The van der Waals surface area contributed by atoms with Crippen LogP contribution in [0.1, 0.15) is 38.6 Å². The highest BCUT2D eigenvalue weighted by Crippen LogP contribution is 2.18. The van der Waals surface area contributed by atoms with Crippen molar-refractivity contribution in [1.29, 1.82) is 0 Å². The lowest BCUT2D eigenvalue weighted by Gasteiger charge is -2.23. The summed E-state index contributed by atoms with van der Waals surface area (Å²) in [7, 11) is 0. The SMILES string of the molecule is Cc1cc(CN2CCC(CNC(C)(C)C)C2)no1. The Labute approximate surface area is 110 Å². The third kappa shape index (κ3) is 4.10. The molecule has 1 aromatic rings. The second-order valence-electron chi connectivity index (χ2n) is 6.45. The van der Waals surface area contributed by atoms with E-state index in [-0.39, 0.29) is 5.54 Å². The van der Waals surface area contributed by atoms with Crippen LogP contribution in [-0.2, 0) is 6.54 Å². The van der Waals surface area contributed by atoms with Crippen LogP contribution in [0.15, 0.2) is 10.6 Å².